The summed E-state index contributed by atoms with van der Waals surface area (Å²) in [5, 5.41) is 11.8. The topological polar surface area (TPSA) is 78.9 Å². The molecular formula is C26H26ClF3N2O4S. The van der Waals surface area contributed by atoms with E-state index in [0.717, 1.165) is 16.8 Å². The summed E-state index contributed by atoms with van der Waals surface area (Å²) in [5.74, 6) is -0.884. The molecule has 2 heterocycles. The Labute approximate surface area is 222 Å². The summed E-state index contributed by atoms with van der Waals surface area (Å²) in [6, 6.07) is 12.5. The van der Waals surface area contributed by atoms with Gasteiger partial charge >= 0.3 is 12.1 Å². The molecule has 1 aromatic heterocycles. The average Bonchev–Trinajstić information content (AvgIpc) is 3.46. The second-order valence-corrected chi connectivity index (χ2v) is 9.67. The number of likely N-dealkylation sites (N-methyl/N-ethyl adjacent to an activating group) is 1. The van der Waals surface area contributed by atoms with Gasteiger partial charge in [0.1, 0.15) is 23.3 Å². The number of ether oxygens (including phenoxy) is 1. The molecular weight excluding hydrogens is 529 g/mol. The van der Waals surface area contributed by atoms with Crippen molar-refractivity contribution in [3.8, 4) is 16.9 Å². The van der Waals surface area contributed by atoms with E-state index in [1.807, 2.05) is 6.92 Å². The smallest absolute Gasteiger partial charge is 0.426 e. The van der Waals surface area contributed by atoms with Gasteiger partial charge in [0.2, 0.25) is 5.91 Å². The fraction of sp³-hybridized carbons (Fsp3) is 0.308. The lowest BCUT2D eigenvalue weighted by Crippen LogP contribution is -2.40. The molecule has 0 bridgehead atoms. The summed E-state index contributed by atoms with van der Waals surface area (Å²) >= 11 is 0.668. The number of carboxylic acids is 1. The van der Waals surface area contributed by atoms with Crippen molar-refractivity contribution >= 4 is 41.3 Å². The molecule has 0 unspecified atom stereocenters. The Morgan fingerprint density at radius 1 is 1.19 bits per heavy atom. The first-order valence-corrected chi connectivity index (χ1v) is 12.1. The maximum Gasteiger partial charge on any atom is 0.426 e. The van der Waals surface area contributed by atoms with Gasteiger partial charge < -0.3 is 20.1 Å². The lowest BCUT2D eigenvalue weighted by molar-refractivity contribution is -0.141. The number of carbonyl (C=O) groups excluding carboxylic acids is 1. The van der Waals surface area contributed by atoms with Crippen LogP contribution in [-0.2, 0) is 28.8 Å². The number of fused-ring (bicyclic) bond motifs is 1. The largest absolute Gasteiger partial charge is 0.488 e. The first-order chi connectivity index (χ1) is 17.1. The van der Waals surface area contributed by atoms with E-state index in [0.29, 0.717) is 40.5 Å². The molecule has 1 aliphatic heterocycles. The van der Waals surface area contributed by atoms with Gasteiger partial charge in [0.25, 0.3) is 0 Å². The number of alkyl halides is 3. The molecule has 0 saturated heterocycles. The van der Waals surface area contributed by atoms with Crippen LogP contribution >= 0.6 is 23.7 Å². The Kier molecular flexibility index (Phi) is 8.88. The Morgan fingerprint density at radius 2 is 1.89 bits per heavy atom. The number of amides is 1. The fourth-order valence-corrected chi connectivity index (χ4v) is 5.34. The van der Waals surface area contributed by atoms with E-state index >= 15 is 0 Å². The molecule has 0 aliphatic carbocycles. The monoisotopic (exact) mass is 554 g/mol. The number of anilines is 1. The number of hydrogen-bond donors (Lipinski definition) is 2. The number of benzene rings is 2. The predicted molar refractivity (Wildman–Crippen MR) is 139 cm³/mol. The van der Waals surface area contributed by atoms with Crippen molar-refractivity contribution in [3.05, 3.63) is 69.4 Å². The molecule has 0 spiro atoms. The van der Waals surface area contributed by atoms with Gasteiger partial charge in [-0.05, 0) is 55.3 Å². The van der Waals surface area contributed by atoms with Crippen molar-refractivity contribution < 1.29 is 32.6 Å². The van der Waals surface area contributed by atoms with Crippen LogP contribution in [0, 0.1) is 6.92 Å². The first-order valence-electron chi connectivity index (χ1n) is 11.3. The van der Waals surface area contributed by atoms with Gasteiger partial charge in [-0.25, -0.2) is 0 Å². The van der Waals surface area contributed by atoms with Crippen molar-refractivity contribution in [3.63, 3.8) is 0 Å². The summed E-state index contributed by atoms with van der Waals surface area (Å²) in [6.45, 7) is 2.23. The van der Waals surface area contributed by atoms with Gasteiger partial charge in [0.05, 0.1) is 12.1 Å². The van der Waals surface area contributed by atoms with Crippen LogP contribution in [-0.4, -0.2) is 36.6 Å². The maximum absolute atomic E-state index is 13.7. The molecule has 0 fully saturated rings. The molecule has 6 nitrogen and oxygen atoms in total. The van der Waals surface area contributed by atoms with Crippen LogP contribution in [0.4, 0.5) is 18.9 Å². The fourth-order valence-electron chi connectivity index (χ4n) is 4.38. The molecule has 0 saturated carbocycles. The summed E-state index contributed by atoms with van der Waals surface area (Å²) in [4.78, 5) is 25.4. The number of aryl methyl sites for hydroxylation is 1. The molecule has 0 radical (unpaired) electrons. The van der Waals surface area contributed by atoms with Gasteiger partial charge in [0, 0.05) is 17.0 Å². The van der Waals surface area contributed by atoms with Gasteiger partial charge in [-0.15, -0.1) is 23.7 Å². The Bertz CT molecular complexity index is 1280. The minimum atomic E-state index is -4.47. The van der Waals surface area contributed by atoms with Gasteiger partial charge in [-0.3, -0.25) is 9.59 Å². The summed E-state index contributed by atoms with van der Waals surface area (Å²) in [6.07, 6.45) is -4.07. The predicted octanol–water partition coefficient (Wildman–Crippen LogP) is 5.69. The molecule has 1 amide bonds. The molecule has 2 aromatic carbocycles. The third-order valence-electron chi connectivity index (χ3n) is 6.06. The Hall–Kier alpha value is -3.08. The quantitative estimate of drug-likeness (QED) is 0.374. The minimum Gasteiger partial charge on any atom is -0.488 e. The van der Waals surface area contributed by atoms with Crippen LogP contribution in [0.3, 0.4) is 0 Å². The second-order valence-electron chi connectivity index (χ2n) is 8.53. The van der Waals surface area contributed by atoms with Crippen LogP contribution in [0.1, 0.15) is 27.3 Å². The van der Waals surface area contributed by atoms with Crippen molar-refractivity contribution in [2.45, 2.75) is 38.6 Å². The zero-order valence-electron chi connectivity index (χ0n) is 20.1. The number of rotatable bonds is 8. The van der Waals surface area contributed by atoms with E-state index in [4.69, 9.17) is 4.74 Å². The standard InChI is InChI=1S/C26H25F3N2O4S.ClH/c1-15-10-18(11-17-8-9-31(23(15)17)22(32)13-21(30-2)25(33)34)35-14-19-12-20(16-6-4-3-5-7-16)24(36-19)26(27,28)29;/h3-7,10-12,21,30H,8-9,13-14H2,1-2H3,(H,33,34);1H/t21-;/m1./s1. The SMILES string of the molecule is CN[C@H](CC(=O)N1CCc2cc(OCc3cc(-c4ccccc4)c(C(F)(F)F)s3)cc(C)c21)C(=O)O.Cl. The second kappa shape index (κ2) is 11.5. The summed E-state index contributed by atoms with van der Waals surface area (Å²) in [5.41, 5.74) is 3.01. The van der Waals surface area contributed by atoms with Crippen LogP contribution in [0.25, 0.3) is 11.1 Å². The average molecular weight is 555 g/mol. The summed E-state index contributed by atoms with van der Waals surface area (Å²) in [7, 11) is 1.49. The van der Waals surface area contributed by atoms with Crippen LogP contribution < -0.4 is 15.0 Å². The summed E-state index contributed by atoms with van der Waals surface area (Å²) < 4.78 is 46.9. The van der Waals surface area contributed by atoms with Gasteiger partial charge in [0.15, 0.2) is 0 Å². The van der Waals surface area contributed by atoms with E-state index in [1.165, 1.54) is 13.1 Å². The molecule has 37 heavy (non-hydrogen) atoms. The van der Waals surface area contributed by atoms with Crippen molar-refractivity contribution in [2.24, 2.45) is 0 Å². The van der Waals surface area contributed by atoms with E-state index in [-0.39, 0.29) is 36.9 Å². The van der Waals surface area contributed by atoms with Crippen molar-refractivity contribution in [1.29, 1.82) is 0 Å². The van der Waals surface area contributed by atoms with Crippen LogP contribution in [0.5, 0.6) is 5.75 Å². The zero-order valence-corrected chi connectivity index (χ0v) is 21.7. The highest BCUT2D eigenvalue weighted by atomic mass is 35.5. The number of hydrogen-bond acceptors (Lipinski definition) is 5. The van der Waals surface area contributed by atoms with Gasteiger partial charge in [-0.1, -0.05) is 30.3 Å². The molecule has 11 heteroatoms. The number of thiophene rings is 1. The number of nitrogens with one attached hydrogen (secondary N) is 1. The van der Waals surface area contributed by atoms with Gasteiger partial charge in [-0.2, -0.15) is 13.2 Å². The highest BCUT2D eigenvalue weighted by molar-refractivity contribution is 7.12. The third-order valence-corrected chi connectivity index (χ3v) is 7.21. The number of carboxylic acid groups (broad SMARTS) is 1. The minimum absolute atomic E-state index is 0. The highest BCUT2D eigenvalue weighted by Crippen LogP contribution is 2.43. The third kappa shape index (κ3) is 6.26. The molecule has 3 aromatic rings. The van der Waals surface area contributed by atoms with Crippen LogP contribution in [0.15, 0.2) is 48.5 Å². The number of carbonyl (C=O) groups is 2. The van der Waals surface area contributed by atoms with Crippen molar-refractivity contribution in [2.75, 3.05) is 18.5 Å². The van der Waals surface area contributed by atoms with E-state index < -0.39 is 23.1 Å². The Balaban J connectivity index is 0.00000380. The van der Waals surface area contributed by atoms with E-state index in [1.54, 1.807) is 47.4 Å². The van der Waals surface area contributed by atoms with Crippen molar-refractivity contribution in [1.82, 2.24) is 5.32 Å². The first kappa shape index (κ1) is 28.5. The Morgan fingerprint density at radius 3 is 2.51 bits per heavy atom. The molecule has 1 aliphatic rings. The number of aliphatic carboxylic acids is 1. The normalized spacial score (nSPS) is 13.6. The lowest BCUT2D eigenvalue weighted by Gasteiger charge is -2.21. The molecule has 1 atom stereocenters. The molecule has 2 N–H and O–H groups in total. The maximum atomic E-state index is 13.7. The van der Waals surface area contributed by atoms with E-state index in [9.17, 15) is 27.9 Å². The zero-order chi connectivity index (χ0) is 26.0. The van der Waals surface area contributed by atoms with E-state index in [2.05, 4.69) is 5.32 Å². The lowest BCUT2D eigenvalue weighted by atomic mass is 10.1. The number of nitrogens with zero attached hydrogens (tertiary/aromatic N) is 1. The number of halogens is 4. The molecule has 198 valence electrons. The van der Waals surface area contributed by atoms with Crippen LogP contribution in [0.2, 0.25) is 0 Å². The molecule has 4 rings (SSSR count). The highest BCUT2D eigenvalue weighted by Gasteiger charge is 2.36.